The Morgan fingerprint density at radius 1 is 1.30 bits per heavy atom. The Kier molecular flexibility index (Phi) is 4.32. The zero-order valence-corrected chi connectivity index (χ0v) is 15.2. The van der Waals surface area contributed by atoms with Gasteiger partial charge < -0.3 is 10.1 Å². The van der Waals surface area contributed by atoms with Crippen molar-refractivity contribution in [3.8, 4) is 0 Å². The van der Waals surface area contributed by atoms with E-state index in [-0.39, 0.29) is 5.97 Å². The second-order valence-corrected chi connectivity index (χ2v) is 6.95. The number of halogens is 1. The quantitative estimate of drug-likeness (QED) is 0.660. The minimum Gasteiger partial charge on any atom is -0.465 e. The summed E-state index contributed by atoms with van der Waals surface area (Å²) in [6.07, 6.45) is 1.50. The summed E-state index contributed by atoms with van der Waals surface area (Å²) in [7, 11) is 1.38. The van der Waals surface area contributed by atoms with E-state index < -0.39 is 0 Å². The molecule has 2 heterocycles. The molecule has 7 heteroatoms. The first-order chi connectivity index (χ1) is 11.0. The van der Waals surface area contributed by atoms with Crippen molar-refractivity contribution in [1.29, 1.82) is 0 Å². The molecule has 0 atom stereocenters. The summed E-state index contributed by atoms with van der Waals surface area (Å²) in [6, 6.07) is 5.98. The number of thiophene rings is 1. The summed E-state index contributed by atoms with van der Waals surface area (Å²) >= 11 is 4.77. The van der Waals surface area contributed by atoms with E-state index >= 15 is 0 Å². The number of aryl methyl sites for hydroxylation is 2. The van der Waals surface area contributed by atoms with E-state index in [1.165, 1.54) is 24.8 Å². The van der Waals surface area contributed by atoms with Gasteiger partial charge in [0.05, 0.1) is 12.5 Å². The number of aromatic nitrogens is 2. The van der Waals surface area contributed by atoms with Crippen molar-refractivity contribution in [2.45, 2.75) is 13.8 Å². The van der Waals surface area contributed by atoms with Gasteiger partial charge in [-0.15, -0.1) is 11.3 Å². The molecule has 0 saturated heterocycles. The van der Waals surface area contributed by atoms with Crippen LogP contribution in [0.4, 0.5) is 11.5 Å². The molecule has 1 N–H and O–H groups in total. The number of benzene rings is 1. The molecule has 3 aromatic rings. The highest BCUT2D eigenvalue weighted by molar-refractivity contribution is 9.10. The third-order valence-electron chi connectivity index (χ3n) is 3.54. The lowest BCUT2D eigenvalue weighted by Crippen LogP contribution is -2.00. The van der Waals surface area contributed by atoms with E-state index in [9.17, 15) is 4.79 Å². The van der Waals surface area contributed by atoms with Crippen LogP contribution in [0.2, 0.25) is 0 Å². The number of nitrogens with zero attached hydrogens (tertiary/aromatic N) is 2. The fourth-order valence-corrected chi connectivity index (χ4v) is 3.89. The summed E-state index contributed by atoms with van der Waals surface area (Å²) < 4.78 is 5.86. The summed E-state index contributed by atoms with van der Waals surface area (Å²) in [5, 5.41) is 4.18. The molecular formula is C16H14BrN3O2S. The smallest absolute Gasteiger partial charge is 0.348 e. The number of carbonyl (C=O) groups is 1. The SMILES string of the molecule is COC(=O)c1sc2ncnc(Nc3ccc(Br)cc3C)c2c1C. The number of rotatable bonds is 3. The van der Waals surface area contributed by atoms with Gasteiger partial charge in [-0.2, -0.15) is 0 Å². The maximum atomic E-state index is 11.9. The van der Waals surface area contributed by atoms with Crippen LogP contribution in [-0.2, 0) is 4.74 Å². The molecule has 0 amide bonds. The third kappa shape index (κ3) is 2.94. The van der Waals surface area contributed by atoms with E-state index in [4.69, 9.17) is 4.74 Å². The highest BCUT2D eigenvalue weighted by Crippen LogP contribution is 2.35. The van der Waals surface area contributed by atoms with E-state index in [0.717, 1.165) is 31.5 Å². The minimum absolute atomic E-state index is 0.351. The number of esters is 1. The van der Waals surface area contributed by atoms with E-state index in [2.05, 4.69) is 31.2 Å². The lowest BCUT2D eigenvalue weighted by Gasteiger charge is -2.10. The number of methoxy groups -OCH3 is 1. The van der Waals surface area contributed by atoms with Crippen LogP contribution in [0.1, 0.15) is 20.8 Å². The van der Waals surface area contributed by atoms with Gasteiger partial charge >= 0.3 is 5.97 Å². The minimum atomic E-state index is -0.351. The van der Waals surface area contributed by atoms with Crippen molar-refractivity contribution in [2.75, 3.05) is 12.4 Å². The van der Waals surface area contributed by atoms with Gasteiger partial charge in [-0.3, -0.25) is 0 Å². The summed E-state index contributed by atoms with van der Waals surface area (Å²) in [5.74, 6) is 0.334. The van der Waals surface area contributed by atoms with Crippen LogP contribution in [0.15, 0.2) is 29.0 Å². The lowest BCUT2D eigenvalue weighted by atomic mass is 10.1. The molecule has 0 aliphatic heterocycles. The lowest BCUT2D eigenvalue weighted by molar-refractivity contribution is 0.0605. The average Bonchev–Trinajstić information content (AvgIpc) is 2.87. The summed E-state index contributed by atoms with van der Waals surface area (Å²) in [4.78, 5) is 21.8. The van der Waals surface area contributed by atoms with Crippen molar-refractivity contribution in [3.05, 3.63) is 45.0 Å². The van der Waals surface area contributed by atoms with Crippen molar-refractivity contribution in [3.63, 3.8) is 0 Å². The molecule has 0 aliphatic rings. The van der Waals surface area contributed by atoms with Gasteiger partial charge in [0.15, 0.2) is 0 Å². The number of nitrogens with one attached hydrogen (secondary N) is 1. The average molecular weight is 392 g/mol. The molecule has 0 fully saturated rings. The van der Waals surface area contributed by atoms with Crippen LogP contribution in [0.5, 0.6) is 0 Å². The molecule has 0 bridgehead atoms. The molecule has 5 nitrogen and oxygen atoms in total. The van der Waals surface area contributed by atoms with E-state index in [1.807, 2.05) is 32.0 Å². The van der Waals surface area contributed by atoms with Crippen LogP contribution in [0.3, 0.4) is 0 Å². The summed E-state index contributed by atoms with van der Waals surface area (Å²) in [5.41, 5.74) is 2.88. The number of hydrogen-bond donors (Lipinski definition) is 1. The molecule has 0 unspecified atom stereocenters. The van der Waals surface area contributed by atoms with Crippen LogP contribution in [0.25, 0.3) is 10.2 Å². The Hall–Kier alpha value is -1.99. The molecular weight excluding hydrogens is 378 g/mol. The van der Waals surface area contributed by atoms with Gasteiger partial charge in [0.25, 0.3) is 0 Å². The Labute approximate surface area is 145 Å². The van der Waals surface area contributed by atoms with E-state index in [1.54, 1.807) is 0 Å². The van der Waals surface area contributed by atoms with Gasteiger partial charge in [0.1, 0.15) is 21.9 Å². The molecule has 0 spiro atoms. The van der Waals surface area contributed by atoms with Crippen molar-refractivity contribution in [2.24, 2.45) is 0 Å². The van der Waals surface area contributed by atoms with Crippen molar-refractivity contribution >= 4 is 55.0 Å². The monoisotopic (exact) mass is 391 g/mol. The molecule has 0 aliphatic carbocycles. The zero-order chi connectivity index (χ0) is 16.6. The molecule has 0 radical (unpaired) electrons. The van der Waals surface area contributed by atoms with Gasteiger partial charge in [0, 0.05) is 10.2 Å². The topological polar surface area (TPSA) is 64.1 Å². The first-order valence-electron chi connectivity index (χ1n) is 6.87. The van der Waals surface area contributed by atoms with Crippen LogP contribution in [0, 0.1) is 13.8 Å². The second-order valence-electron chi connectivity index (χ2n) is 5.03. The Bertz CT molecular complexity index is 908. The highest BCUT2D eigenvalue weighted by atomic mass is 79.9. The first-order valence-corrected chi connectivity index (χ1v) is 8.47. The third-order valence-corrected chi connectivity index (χ3v) is 5.21. The van der Waals surface area contributed by atoms with Gasteiger partial charge in [-0.05, 0) is 43.2 Å². The maximum Gasteiger partial charge on any atom is 0.348 e. The molecule has 0 saturated carbocycles. The van der Waals surface area contributed by atoms with Crippen molar-refractivity contribution in [1.82, 2.24) is 9.97 Å². The second kappa shape index (κ2) is 6.25. The first kappa shape index (κ1) is 15.9. The number of fused-ring (bicyclic) bond motifs is 1. The standard InChI is InChI=1S/C16H14BrN3O2S/c1-8-6-10(17)4-5-11(8)20-14-12-9(2)13(16(21)22-3)23-15(12)19-7-18-14/h4-7H,1-3H3,(H,18,19,20). The number of anilines is 2. The molecule has 3 rings (SSSR count). The molecule has 23 heavy (non-hydrogen) atoms. The number of hydrogen-bond acceptors (Lipinski definition) is 6. The van der Waals surface area contributed by atoms with Crippen molar-refractivity contribution < 1.29 is 9.53 Å². The highest BCUT2D eigenvalue weighted by Gasteiger charge is 2.19. The van der Waals surface area contributed by atoms with Crippen LogP contribution < -0.4 is 5.32 Å². The van der Waals surface area contributed by atoms with Gasteiger partial charge in [0.2, 0.25) is 0 Å². The predicted octanol–water partition coefficient (Wildman–Crippen LogP) is 4.60. The predicted molar refractivity (Wildman–Crippen MR) is 95.7 cm³/mol. The molecule has 118 valence electrons. The fraction of sp³-hybridized carbons (Fsp3) is 0.188. The Morgan fingerprint density at radius 2 is 2.09 bits per heavy atom. The molecule has 2 aromatic heterocycles. The normalized spacial score (nSPS) is 10.8. The van der Waals surface area contributed by atoms with E-state index in [0.29, 0.717) is 10.7 Å². The molecule has 1 aromatic carbocycles. The Balaban J connectivity index is 2.11. The largest absolute Gasteiger partial charge is 0.465 e. The van der Waals surface area contributed by atoms with Crippen LogP contribution >= 0.6 is 27.3 Å². The Morgan fingerprint density at radius 3 is 2.78 bits per heavy atom. The number of ether oxygens (including phenoxy) is 1. The fourth-order valence-electron chi connectivity index (χ4n) is 2.35. The van der Waals surface area contributed by atoms with Gasteiger partial charge in [-0.1, -0.05) is 15.9 Å². The number of carbonyl (C=O) groups excluding carboxylic acids is 1. The maximum absolute atomic E-state index is 11.9. The summed E-state index contributed by atoms with van der Waals surface area (Å²) in [6.45, 7) is 3.90. The van der Waals surface area contributed by atoms with Crippen LogP contribution in [-0.4, -0.2) is 23.0 Å². The van der Waals surface area contributed by atoms with Gasteiger partial charge in [-0.25, -0.2) is 14.8 Å². The zero-order valence-electron chi connectivity index (χ0n) is 12.8.